The molecule has 1 aliphatic rings. The molecule has 1 aliphatic heterocycles. The standard InChI is InChI=1S/C14H18ClN5O2/c1-22-8-12-17-13(19-18-12)11-4-2-3-5-20(11)14(21)10-6-9(15)7-16-10/h6-7,11,16H,2-5,8H2,1H3,(H,17,18,19). The number of ether oxygens (including phenoxy) is 1. The Morgan fingerprint density at radius 1 is 1.55 bits per heavy atom. The fraction of sp³-hybridized carbons (Fsp3) is 0.500. The maximum Gasteiger partial charge on any atom is 0.270 e. The van der Waals surface area contributed by atoms with Gasteiger partial charge in [-0.2, -0.15) is 5.10 Å². The second-order valence-corrected chi connectivity index (χ2v) is 5.75. The molecule has 1 unspecified atom stereocenters. The van der Waals surface area contributed by atoms with Gasteiger partial charge in [0.15, 0.2) is 11.6 Å². The second-order valence-electron chi connectivity index (χ2n) is 5.32. The van der Waals surface area contributed by atoms with Crippen LogP contribution in [0, 0.1) is 0 Å². The largest absolute Gasteiger partial charge is 0.377 e. The number of H-pyrrole nitrogens is 2. The van der Waals surface area contributed by atoms with Crippen molar-refractivity contribution in [3.63, 3.8) is 0 Å². The molecule has 2 aromatic rings. The fourth-order valence-electron chi connectivity index (χ4n) is 2.75. The number of aromatic nitrogens is 4. The van der Waals surface area contributed by atoms with E-state index in [-0.39, 0.29) is 11.9 Å². The van der Waals surface area contributed by atoms with Crippen molar-refractivity contribution < 1.29 is 9.53 Å². The predicted octanol–water partition coefficient (Wildman–Crippen LogP) is 2.30. The molecule has 2 aromatic heterocycles. The van der Waals surface area contributed by atoms with Crippen LogP contribution >= 0.6 is 11.6 Å². The monoisotopic (exact) mass is 323 g/mol. The topological polar surface area (TPSA) is 86.9 Å². The fourth-order valence-corrected chi connectivity index (χ4v) is 2.91. The molecule has 3 rings (SSSR count). The van der Waals surface area contributed by atoms with Gasteiger partial charge in [0.05, 0.1) is 11.1 Å². The van der Waals surface area contributed by atoms with E-state index in [2.05, 4.69) is 20.2 Å². The third-order valence-electron chi connectivity index (χ3n) is 3.77. The van der Waals surface area contributed by atoms with Gasteiger partial charge < -0.3 is 14.6 Å². The first-order chi connectivity index (χ1) is 10.7. The lowest BCUT2D eigenvalue weighted by atomic mass is 10.0. The number of carbonyl (C=O) groups excluding carboxylic acids is 1. The summed E-state index contributed by atoms with van der Waals surface area (Å²) < 4.78 is 5.04. The van der Waals surface area contributed by atoms with Crippen LogP contribution in [0.1, 0.15) is 47.4 Å². The molecule has 2 N–H and O–H groups in total. The van der Waals surface area contributed by atoms with Crippen molar-refractivity contribution in [3.8, 4) is 0 Å². The van der Waals surface area contributed by atoms with E-state index >= 15 is 0 Å². The summed E-state index contributed by atoms with van der Waals surface area (Å²) in [5.74, 6) is 1.23. The molecule has 118 valence electrons. The smallest absolute Gasteiger partial charge is 0.270 e. The molecule has 0 aromatic carbocycles. The number of carbonyl (C=O) groups is 1. The maximum absolute atomic E-state index is 12.7. The molecule has 0 saturated carbocycles. The van der Waals surface area contributed by atoms with Crippen LogP contribution in [0.4, 0.5) is 0 Å². The van der Waals surface area contributed by atoms with Gasteiger partial charge in [-0.25, -0.2) is 4.98 Å². The Bertz CT molecular complexity index is 653. The molecule has 0 spiro atoms. The first kappa shape index (κ1) is 15.1. The average Bonchev–Trinajstić information content (AvgIpc) is 3.16. The number of rotatable bonds is 4. The van der Waals surface area contributed by atoms with E-state index in [1.807, 2.05) is 4.90 Å². The summed E-state index contributed by atoms with van der Waals surface area (Å²) in [5, 5.41) is 7.62. The number of hydrogen-bond acceptors (Lipinski definition) is 4. The highest BCUT2D eigenvalue weighted by molar-refractivity contribution is 6.30. The Hall–Kier alpha value is -1.86. The van der Waals surface area contributed by atoms with E-state index in [9.17, 15) is 4.79 Å². The van der Waals surface area contributed by atoms with Crippen molar-refractivity contribution in [1.82, 2.24) is 25.1 Å². The van der Waals surface area contributed by atoms with Crippen molar-refractivity contribution >= 4 is 17.5 Å². The van der Waals surface area contributed by atoms with Gasteiger partial charge in [0.1, 0.15) is 12.3 Å². The Labute approximate surface area is 133 Å². The highest BCUT2D eigenvalue weighted by atomic mass is 35.5. The van der Waals surface area contributed by atoms with Crippen LogP contribution < -0.4 is 0 Å². The number of piperidine rings is 1. The van der Waals surface area contributed by atoms with Crippen LogP contribution in [0.5, 0.6) is 0 Å². The minimum atomic E-state index is -0.120. The molecule has 7 nitrogen and oxygen atoms in total. The Balaban J connectivity index is 1.82. The maximum atomic E-state index is 12.7. The zero-order chi connectivity index (χ0) is 15.5. The number of likely N-dealkylation sites (tertiary alicyclic amines) is 1. The summed E-state index contributed by atoms with van der Waals surface area (Å²) in [6.45, 7) is 1.06. The van der Waals surface area contributed by atoms with Crippen molar-refractivity contribution in [2.75, 3.05) is 13.7 Å². The van der Waals surface area contributed by atoms with E-state index in [0.717, 1.165) is 19.3 Å². The molecule has 22 heavy (non-hydrogen) atoms. The highest BCUT2D eigenvalue weighted by Gasteiger charge is 2.32. The number of amides is 1. The minimum absolute atomic E-state index is 0.0744. The molecular formula is C14H18ClN5O2. The lowest BCUT2D eigenvalue weighted by Crippen LogP contribution is -2.39. The lowest BCUT2D eigenvalue weighted by Gasteiger charge is -2.33. The Morgan fingerprint density at radius 3 is 3.14 bits per heavy atom. The van der Waals surface area contributed by atoms with Crippen molar-refractivity contribution in [2.24, 2.45) is 0 Å². The summed E-state index contributed by atoms with van der Waals surface area (Å²) in [6.07, 6.45) is 4.49. The van der Waals surface area contributed by atoms with Crippen molar-refractivity contribution in [1.29, 1.82) is 0 Å². The number of aromatic amines is 2. The molecule has 1 saturated heterocycles. The Morgan fingerprint density at radius 2 is 2.41 bits per heavy atom. The van der Waals surface area contributed by atoms with Crippen LogP contribution in [-0.2, 0) is 11.3 Å². The number of halogens is 1. The number of methoxy groups -OCH3 is 1. The number of hydrogen-bond donors (Lipinski definition) is 2. The third-order valence-corrected chi connectivity index (χ3v) is 3.99. The number of nitrogens with zero attached hydrogens (tertiary/aromatic N) is 3. The number of nitrogens with one attached hydrogen (secondary N) is 2. The zero-order valence-electron chi connectivity index (χ0n) is 12.3. The van der Waals surface area contributed by atoms with Crippen LogP contribution in [0.25, 0.3) is 0 Å². The van der Waals surface area contributed by atoms with Crippen LogP contribution in [0.3, 0.4) is 0 Å². The van der Waals surface area contributed by atoms with Crippen molar-refractivity contribution in [3.05, 3.63) is 34.6 Å². The van der Waals surface area contributed by atoms with E-state index < -0.39 is 0 Å². The average molecular weight is 324 g/mol. The molecule has 1 amide bonds. The van der Waals surface area contributed by atoms with Gasteiger partial charge in [0.25, 0.3) is 5.91 Å². The molecule has 3 heterocycles. The van der Waals surface area contributed by atoms with Crippen LogP contribution in [-0.4, -0.2) is 44.6 Å². The van der Waals surface area contributed by atoms with Gasteiger partial charge in [0.2, 0.25) is 0 Å². The van der Waals surface area contributed by atoms with Gasteiger partial charge in [-0.3, -0.25) is 9.89 Å². The molecule has 0 bridgehead atoms. The predicted molar refractivity (Wildman–Crippen MR) is 80.5 cm³/mol. The van der Waals surface area contributed by atoms with Crippen LogP contribution in [0.15, 0.2) is 12.3 Å². The van der Waals surface area contributed by atoms with Crippen molar-refractivity contribution in [2.45, 2.75) is 31.9 Å². The summed E-state index contributed by atoms with van der Waals surface area (Å²) in [5.41, 5.74) is 0.490. The van der Waals surface area contributed by atoms with E-state index in [1.54, 1.807) is 19.4 Å². The van der Waals surface area contributed by atoms with Gasteiger partial charge in [-0.05, 0) is 25.3 Å². The molecule has 0 aliphatic carbocycles. The summed E-state index contributed by atoms with van der Waals surface area (Å²) in [7, 11) is 1.60. The first-order valence-electron chi connectivity index (χ1n) is 7.24. The summed E-state index contributed by atoms with van der Waals surface area (Å²) in [4.78, 5) is 21.8. The first-order valence-corrected chi connectivity index (χ1v) is 7.62. The van der Waals surface area contributed by atoms with Gasteiger partial charge in [-0.1, -0.05) is 11.6 Å². The second kappa shape index (κ2) is 6.50. The van der Waals surface area contributed by atoms with Gasteiger partial charge in [0, 0.05) is 19.9 Å². The Kier molecular flexibility index (Phi) is 4.44. The van der Waals surface area contributed by atoms with E-state index in [1.165, 1.54) is 0 Å². The molecule has 0 radical (unpaired) electrons. The SMILES string of the molecule is COCc1nc(C2CCCCN2C(=O)c2cc(Cl)c[nH]2)n[nH]1. The van der Waals surface area contributed by atoms with E-state index in [0.29, 0.717) is 35.5 Å². The van der Waals surface area contributed by atoms with E-state index in [4.69, 9.17) is 16.3 Å². The zero-order valence-corrected chi connectivity index (χ0v) is 13.1. The lowest BCUT2D eigenvalue weighted by molar-refractivity contribution is 0.0594. The third kappa shape index (κ3) is 3.00. The van der Waals surface area contributed by atoms with Gasteiger partial charge >= 0.3 is 0 Å². The molecule has 1 fully saturated rings. The minimum Gasteiger partial charge on any atom is -0.377 e. The molecule has 8 heteroatoms. The van der Waals surface area contributed by atoms with Gasteiger partial charge in [-0.15, -0.1) is 0 Å². The molecular weight excluding hydrogens is 306 g/mol. The summed E-state index contributed by atoms with van der Waals surface area (Å²) in [6, 6.07) is 1.52. The quantitative estimate of drug-likeness (QED) is 0.903. The normalized spacial score (nSPS) is 18.6. The molecule has 1 atom stereocenters. The van der Waals surface area contributed by atoms with Crippen LogP contribution in [0.2, 0.25) is 5.02 Å². The summed E-state index contributed by atoms with van der Waals surface area (Å²) >= 11 is 5.89. The highest BCUT2D eigenvalue weighted by Crippen LogP contribution is 2.30.